The molecule has 0 radical (unpaired) electrons. The van der Waals surface area contributed by atoms with Crippen molar-refractivity contribution in [2.45, 2.75) is 52.4 Å². The normalized spacial score (nSPS) is 12.1. The van der Waals surface area contributed by atoms with E-state index in [1.165, 1.54) is 41.4 Å². The lowest BCUT2D eigenvalue weighted by atomic mass is 10.1. The number of carbonyl (C=O) groups excluding carboxylic acids is 1. The van der Waals surface area contributed by atoms with Crippen molar-refractivity contribution in [3.8, 4) is 0 Å². The van der Waals surface area contributed by atoms with E-state index in [-0.39, 0.29) is 5.97 Å². The molecule has 2 rings (SSSR count). The van der Waals surface area contributed by atoms with Gasteiger partial charge in [-0.05, 0) is 16.7 Å². The quantitative estimate of drug-likeness (QED) is 0.310. The number of ether oxygens (including phenoxy) is 1. The van der Waals surface area contributed by atoms with Gasteiger partial charge >= 0.3 is 5.97 Å². The maximum atomic E-state index is 11.0. The van der Waals surface area contributed by atoms with Crippen molar-refractivity contribution in [2.75, 3.05) is 0 Å². The monoisotopic (exact) mass is 366 g/mol. The van der Waals surface area contributed by atoms with E-state index in [2.05, 4.69) is 81.4 Å². The number of rotatable bonds is 8. The smallest absolute Gasteiger partial charge is 0.302 e. The number of carbonyl (C=O) groups is 1. The lowest BCUT2D eigenvalue weighted by molar-refractivity contribution is -0.142. The molecule has 0 spiro atoms. The van der Waals surface area contributed by atoms with Gasteiger partial charge in [0, 0.05) is 6.92 Å². The molecule has 0 unspecified atom stereocenters. The second-order valence-corrected chi connectivity index (χ2v) is 12.0. The highest BCUT2D eigenvalue weighted by Crippen LogP contribution is 2.37. The molecule has 138 valence electrons. The van der Waals surface area contributed by atoms with Crippen molar-refractivity contribution in [3.63, 3.8) is 0 Å². The summed E-state index contributed by atoms with van der Waals surface area (Å²) in [5.41, 5.74) is 3.59. The summed E-state index contributed by atoms with van der Waals surface area (Å²) in [4.78, 5) is 11.0. The Balaban J connectivity index is 2.44. The van der Waals surface area contributed by atoms with Crippen molar-refractivity contribution in [1.82, 2.24) is 0 Å². The van der Waals surface area contributed by atoms with Crippen molar-refractivity contribution in [1.29, 1.82) is 0 Å². The minimum absolute atomic E-state index is 0.242. The molecule has 0 aliphatic carbocycles. The molecule has 0 fully saturated rings. The fourth-order valence-electron chi connectivity index (χ4n) is 3.55. The first-order chi connectivity index (χ1) is 12.5. The summed E-state index contributed by atoms with van der Waals surface area (Å²) in [6.45, 7) is 8.80. The summed E-state index contributed by atoms with van der Waals surface area (Å²) in [7, 11) is -1.55. The van der Waals surface area contributed by atoms with E-state index in [1.54, 1.807) is 0 Å². The Hall–Kier alpha value is -2.13. The molecule has 0 aromatic heterocycles. The Morgan fingerprint density at radius 1 is 0.923 bits per heavy atom. The van der Waals surface area contributed by atoms with Gasteiger partial charge in [-0.1, -0.05) is 105 Å². The highest BCUT2D eigenvalue weighted by molar-refractivity contribution is 6.97. The van der Waals surface area contributed by atoms with Crippen LogP contribution in [0.3, 0.4) is 0 Å². The Bertz CT molecular complexity index is 720. The van der Waals surface area contributed by atoms with Crippen molar-refractivity contribution >= 4 is 25.3 Å². The molecule has 0 bridgehead atoms. The minimum Gasteiger partial charge on any atom is -0.461 e. The van der Waals surface area contributed by atoms with Gasteiger partial charge in [0.05, 0.1) is 8.07 Å². The Labute approximate surface area is 158 Å². The number of esters is 1. The fourth-order valence-corrected chi connectivity index (χ4v) is 7.44. The summed E-state index contributed by atoms with van der Waals surface area (Å²) in [5, 5.41) is 1.52. The van der Waals surface area contributed by atoms with Gasteiger partial charge in [0.2, 0.25) is 0 Å². The summed E-state index contributed by atoms with van der Waals surface area (Å²) >= 11 is 0. The van der Waals surface area contributed by atoms with Crippen LogP contribution in [-0.2, 0) is 16.1 Å². The van der Waals surface area contributed by atoms with Gasteiger partial charge < -0.3 is 4.74 Å². The van der Waals surface area contributed by atoms with Gasteiger partial charge in [-0.25, -0.2) is 0 Å². The Morgan fingerprint density at radius 2 is 1.50 bits per heavy atom. The highest BCUT2D eigenvalue weighted by Gasteiger charge is 2.32. The third-order valence-corrected chi connectivity index (χ3v) is 11.1. The second kappa shape index (κ2) is 9.53. The predicted octanol–water partition coefficient (Wildman–Crippen LogP) is 6.34. The van der Waals surface area contributed by atoms with Gasteiger partial charge in [-0.3, -0.25) is 4.79 Å². The zero-order chi connectivity index (χ0) is 19.0. The van der Waals surface area contributed by atoms with E-state index in [9.17, 15) is 4.79 Å². The van der Waals surface area contributed by atoms with Crippen molar-refractivity contribution in [3.05, 3.63) is 71.3 Å². The summed E-state index contributed by atoms with van der Waals surface area (Å²) in [5.74, 6) is -0.242. The van der Waals surface area contributed by atoms with Gasteiger partial charge in [0.1, 0.15) is 6.61 Å². The molecule has 0 heterocycles. The van der Waals surface area contributed by atoms with Crippen LogP contribution in [0.2, 0.25) is 18.1 Å². The van der Waals surface area contributed by atoms with E-state index in [4.69, 9.17) is 4.74 Å². The van der Waals surface area contributed by atoms with Gasteiger partial charge in [-0.15, -0.1) is 0 Å². The second-order valence-electron chi connectivity index (χ2n) is 6.79. The van der Waals surface area contributed by atoms with Gasteiger partial charge in [-0.2, -0.15) is 0 Å². The molecular formula is C23H30O2Si. The SMILES string of the molecule is CC[Si](CC)(CC)/C(=C/c1ccccc1)c1ccc(COC(C)=O)cc1. The van der Waals surface area contributed by atoms with E-state index in [0.717, 1.165) is 5.56 Å². The molecule has 0 saturated heterocycles. The molecule has 0 aliphatic rings. The zero-order valence-electron chi connectivity index (χ0n) is 16.4. The molecule has 0 aliphatic heterocycles. The maximum absolute atomic E-state index is 11.0. The average molecular weight is 367 g/mol. The average Bonchev–Trinajstić information content (AvgIpc) is 2.68. The van der Waals surface area contributed by atoms with Gasteiger partial charge in [0.25, 0.3) is 0 Å². The number of benzene rings is 2. The third-order valence-electron chi connectivity index (χ3n) is 5.42. The zero-order valence-corrected chi connectivity index (χ0v) is 17.4. The summed E-state index contributed by atoms with van der Waals surface area (Å²) < 4.78 is 5.11. The van der Waals surface area contributed by atoms with E-state index in [1.807, 2.05) is 0 Å². The molecule has 0 amide bonds. The van der Waals surface area contributed by atoms with Crippen LogP contribution in [-0.4, -0.2) is 14.0 Å². The van der Waals surface area contributed by atoms with Crippen molar-refractivity contribution in [2.24, 2.45) is 0 Å². The summed E-state index contributed by atoms with van der Waals surface area (Å²) in [6.07, 6.45) is 2.39. The third kappa shape index (κ3) is 4.95. The van der Waals surface area contributed by atoms with Crippen LogP contribution in [0.15, 0.2) is 54.6 Å². The molecule has 26 heavy (non-hydrogen) atoms. The molecule has 0 N–H and O–H groups in total. The van der Waals surface area contributed by atoms with Crippen LogP contribution in [0.1, 0.15) is 44.4 Å². The first-order valence-electron chi connectivity index (χ1n) is 9.54. The molecule has 0 atom stereocenters. The molecule has 3 heteroatoms. The lowest BCUT2D eigenvalue weighted by Gasteiger charge is -2.32. The van der Waals surface area contributed by atoms with Crippen LogP contribution in [0.25, 0.3) is 11.3 Å². The highest BCUT2D eigenvalue weighted by atomic mass is 28.3. The topological polar surface area (TPSA) is 26.3 Å². The first kappa shape index (κ1) is 20.2. The van der Waals surface area contributed by atoms with Gasteiger partial charge in [0.15, 0.2) is 0 Å². The fraction of sp³-hybridized carbons (Fsp3) is 0.348. The lowest BCUT2D eigenvalue weighted by Crippen LogP contribution is -2.33. The molecule has 2 nitrogen and oxygen atoms in total. The number of hydrogen-bond donors (Lipinski definition) is 0. The summed E-state index contributed by atoms with van der Waals surface area (Å²) in [6, 6.07) is 22.9. The Morgan fingerprint density at radius 3 is 2.00 bits per heavy atom. The van der Waals surface area contributed by atoms with Crippen molar-refractivity contribution < 1.29 is 9.53 Å². The molecule has 0 saturated carbocycles. The Kier molecular flexibility index (Phi) is 7.40. The van der Waals surface area contributed by atoms with Crippen LogP contribution in [0.5, 0.6) is 0 Å². The van der Waals surface area contributed by atoms with E-state index >= 15 is 0 Å². The first-order valence-corrected chi connectivity index (χ1v) is 12.2. The number of hydrogen-bond acceptors (Lipinski definition) is 2. The molecule has 2 aromatic rings. The van der Waals surface area contributed by atoms with E-state index < -0.39 is 8.07 Å². The van der Waals surface area contributed by atoms with Crippen LogP contribution in [0.4, 0.5) is 0 Å². The maximum Gasteiger partial charge on any atom is 0.302 e. The largest absolute Gasteiger partial charge is 0.461 e. The van der Waals surface area contributed by atoms with Crippen LogP contribution in [0, 0.1) is 0 Å². The predicted molar refractivity (Wildman–Crippen MR) is 113 cm³/mol. The minimum atomic E-state index is -1.55. The van der Waals surface area contributed by atoms with Crippen LogP contribution >= 0.6 is 0 Å². The molecule has 2 aromatic carbocycles. The molecular weight excluding hydrogens is 336 g/mol. The van der Waals surface area contributed by atoms with Crippen LogP contribution < -0.4 is 0 Å². The van der Waals surface area contributed by atoms with E-state index in [0.29, 0.717) is 6.61 Å². The standard InChI is InChI=1S/C23H30O2Si/c1-5-26(6-2,7-3)23(17-20-11-9-8-10-12-20)22-15-13-21(14-16-22)18-25-19(4)24/h8-17H,5-7,18H2,1-4H3/b23-17+.